The summed E-state index contributed by atoms with van der Waals surface area (Å²) in [5, 5.41) is 29.3. The van der Waals surface area contributed by atoms with Gasteiger partial charge in [-0.05, 0) is 49.3 Å². The highest BCUT2D eigenvalue weighted by Gasteiger charge is 2.20. The van der Waals surface area contributed by atoms with E-state index in [1.165, 1.54) is 34.2 Å². The molecular formula is C12H20N6O2S2. The Kier molecular flexibility index (Phi) is 5.15. The minimum Gasteiger partial charge on any atom is -0.389 e. The molecule has 0 atom stereocenters. The van der Waals surface area contributed by atoms with Crippen LogP contribution in [0.4, 0.5) is 0 Å². The Balaban J connectivity index is 2.03. The third-order valence-electron chi connectivity index (χ3n) is 2.42. The molecule has 0 spiro atoms. The lowest BCUT2D eigenvalue weighted by atomic mass is 10.1. The van der Waals surface area contributed by atoms with E-state index >= 15 is 0 Å². The average molecular weight is 344 g/mol. The summed E-state index contributed by atoms with van der Waals surface area (Å²) < 4.78 is 3.29. The van der Waals surface area contributed by atoms with E-state index in [4.69, 9.17) is 0 Å². The van der Waals surface area contributed by atoms with E-state index in [9.17, 15) is 10.2 Å². The second-order valence-corrected chi connectivity index (χ2v) is 8.26. The first-order valence-electron chi connectivity index (χ1n) is 6.69. The molecule has 22 heavy (non-hydrogen) atoms. The summed E-state index contributed by atoms with van der Waals surface area (Å²) in [5.41, 5.74) is -1.73. The fourth-order valence-electron chi connectivity index (χ4n) is 1.66. The zero-order valence-corrected chi connectivity index (χ0v) is 14.6. The van der Waals surface area contributed by atoms with Gasteiger partial charge in [0.15, 0.2) is 10.3 Å². The summed E-state index contributed by atoms with van der Waals surface area (Å²) in [5.74, 6) is 0. The van der Waals surface area contributed by atoms with Crippen molar-refractivity contribution in [1.82, 2.24) is 29.5 Å². The maximum atomic E-state index is 9.88. The third-order valence-corrected chi connectivity index (χ3v) is 4.58. The van der Waals surface area contributed by atoms with Gasteiger partial charge < -0.3 is 10.2 Å². The third kappa shape index (κ3) is 5.27. The predicted octanol–water partition coefficient (Wildman–Crippen LogP) is 1.21. The second-order valence-electron chi connectivity index (χ2n) is 6.19. The number of rotatable bonds is 7. The molecule has 0 radical (unpaired) electrons. The van der Waals surface area contributed by atoms with Crippen LogP contribution in [0.25, 0.3) is 0 Å². The van der Waals surface area contributed by atoms with E-state index in [2.05, 4.69) is 20.2 Å². The van der Waals surface area contributed by atoms with Gasteiger partial charge in [0, 0.05) is 0 Å². The van der Waals surface area contributed by atoms with E-state index in [1.54, 1.807) is 37.1 Å². The molecule has 0 saturated heterocycles. The molecule has 122 valence electrons. The summed E-state index contributed by atoms with van der Waals surface area (Å²) in [6.45, 7) is 7.58. The topological polar surface area (TPSA) is 102 Å². The second kappa shape index (κ2) is 6.57. The van der Waals surface area contributed by atoms with Crippen molar-refractivity contribution in [2.75, 3.05) is 0 Å². The maximum absolute atomic E-state index is 9.88. The molecule has 0 aromatic carbocycles. The fourth-order valence-corrected chi connectivity index (χ4v) is 3.61. The number of nitrogens with zero attached hydrogens (tertiary/aromatic N) is 6. The minimum atomic E-state index is -0.866. The highest BCUT2D eigenvalue weighted by atomic mass is 33.1. The number of hydrogen-bond donors (Lipinski definition) is 2. The molecule has 0 aliphatic carbocycles. The molecule has 0 unspecified atom stereocenters. The molecule has 10 heteroatoms. The van der Waals surface area contributed by atoms with Gasteiger partial charge >= 0.3 is 0 Å². The van der Waals surface area contributed by atoms with Crippen molar-refractivity contribution in [3.05, 3.63) is 12.7 Å². The van der Waals surface area contributed by atoms with Gasteiger partial charge in [-0.2, -0.15) is 10.2 Å². The lowest BCUT2D eigenvalue weighted by Gasteiger charge is -2.18. The van der Waals surface area contributed by atoms with Gasteiger partial charge in [0.25, 0.3) is 0 Å². The first-order chi connectivity index (χ1) is 10.1. The Hall–Kier alpha value is -1.10. The Morgan fingerprint density at radius 1 is 0.864 bits per heavy atom. The SMILES string of the molecule is CC(C)(O)Cn1ncnc1SSc1ncnn1CC(C)(C)O. The first-order valence-corrected chi connectivity index (χ1v) is 8.84. The van der Waals surface area contributed by atoms with E-state index in [-0.39, 0.29) is 0 Å². The van der Waals surface area contributed by atoms with Crippen LogP contribution in [0.2, 0.25) is 0 Å². The molecule has 8 nitrogen and oxygen atoms in total. The van der Waals surface area contributed by atoms with Crippen LogP contribution in [0.3, 0.4) is 0 Å². The quantitative estimate of drug-likeness (QED) is 0.723. The molecule has 0 amide bonds. The van der Waals surface area contributed by atoms with E-state index in [0.717, 1.165) is 0 Å². The van der Waals surface area contributed by atoms with Crippen molar-refractivity contribution in [2.24, 2.45) is 0 Å². The lowest BCUT2D eigenvalue weighted by Crippen LogP contribution is -2.27. The number of hydrogen-bond acceptors (Lipinski definition) is 8. The number of aliphatic hydroxyl groups is 2. The Morgan fingerprint density at radius 2 is 1.23 bits per heavy atom. The van der Waals surface area contributed by atoms with Crippen molar-refractivity contribution < 1.29 is 10.2 Å². The van der Waals surface area contributed by atoms with Gasteiger partial charge in [-0.1, -0.05) is 0 Å². The molecule has 2 aromatic rings. The summed E-state index contributed by atoms with van der Waals surface area (Å²) in [6.07, 6.45) is 2.91. The van der Waals surface area contributed by atoms with Crippen LogP contribution in [0.1, 0.15) is 27.7 Å². The van der Waals surface area contributed by atoms with E-state index in [0.29, 0.717) is 23.4 Å². The predicted molar refractivity (Wildman–Crippen MR) is 84.4 cm³/mol. The standard InChI is InChI=1S/C12H20N6O2S2/c1-11(2,19)5-17-9(13-7-15-17)21-22-10-14-8-16-18(10)6-12(3,4)20/h7-8,19-20H,5-6H2,1-4H3. The monoisotopic (exact) mass is 344 g/mol. The summed E-state index contributed by atoms with van der Waals surface area (Å²) in [6, 6.07) is 0. The largest absolute Gasteiger partial charge is 0.389 e. The fraction of sp³-hybridized carbons (Fsp3) is 0.667. The smallest absolute Gasteiger partial charge is 0.197 e. The summed E-state index contributed by atoms with van der Waals surface area (Å²) in [7, 11) is 2.76. The first kappa shape index (κ1) is 17.3. The van der Waals surface area contributed by atoms with Crippen molar-refractivity contribution in [2.45, 2.75) is 62.3 Å². The Bertz CT molecular complexity index is 559. The van der Waals surface area contributed by atoms with Crippen LogP contribution >= 0.6 is 21.6 Å². The van der Waals surface area contributed by atoms with Crippen molar-refractivity contribution in [3.8, 4) is 0 Å². The van der Waals surface area contributed by atoms with Gasteiger partial charge in [-0.15, -0.1) is 0 Å². The zero-order chi connectivity index (χ0) is 16.4. The highest BCUT2D eigenvalue weighted by molar-refractivity contribution is 8.76. The van der Waals surface area contributed by atoms with Gasteiger partial charge in [0.05, 0.1) is 24.3 Å². The highest BCUT2D eigenvalue weighted by Crippen LogP contribution is 2.35. The van der Waals surface area contributed by atoms with Crippen LogP contribution in [-0.2, 0) is 13.1 Å². The van der Waals surface area contributed by atoms with Crippen LogP contribution in [-0.4, -0.2) is 50.9 Å². The van der Waals surface area contributed by atoms with Gasteiger partial charge in [0.1, 0.15) is 12.7 Å². The minimum absolute atomic E-state index is 0.353. The van der Waals surface area contributed by atoms with Crippen LogP contribution < -0.4 is 0 Å². The lowest BCUT2D eigenvalue weighted by molar-refractivity contribution is 0.0540. The van der Waals surface area contributed by atoms with Crippen molar-refractivity contribution >= 4 is 21.6 Å². The van der Waals surface area contributed by atoms with E-state index < -0.39 is 11.2 Å². The van der Waals surface area contributed by atoms with Crippen LogP contribution in [0.15, 0.2) is 23.0 Å². The molecule has 2 aromatic heterocycles. The molecule has 2 heterocycles. The molecule has 0 aliphatic rings. The molecule has 2 N–H and O–H groups in total. The molecular weight excluding hydrogens is 324 g/mol. The summed E-state index contributed by atoms with van der Waals surface area (Å²) in [4.78, 5) is 8.36. The molecule has 2 rings (SSSR count). The van der Waals surface area contributed by atoms with Gasteiger partial charge in [-0.25, -0.2) is 19.3 Å². The Morgan fingerprint density at radius 3 is 1.55 bits per heavy atom. The normalized spacial score (nSPS) is 12.8. The maximum Gasteiger partial charge on any atom is 0.197 e. The van der Waals surface area contributed by atoms with E-state index in [1.807, 2.05) is 0 Å². The molecule has 0 bridgehead atoms. The van der Waals surface area contributed by atoms with Crippen LogP contribution in [0.5, 0.6) is 0 Å². The Labute approximate surface area is 136 Å². The summed E-state index contributed by atoms with van der Waals surface area (Å²) >= 11 is 0. The zero-order valence-electron chi connectivity index (χ0n) is 13.0. The average Bonchev–Trinajstić information content (AvgIpc) is 2.92. The number of aromatic nitrogens is 6. The van der Waals surface area contributed by atoms with Crippen LogP contribution in [0, 0.1) is 0 Å². The molecule has 0 aliphatic heterocycles. The van der Waals surface area contributed by atoms with Crippen molar-refractivity contribution in [1.29, 1.82) is 0 Å². The van der Waals surface area contributed by atoms with Crippen molar-refractivity contribution in [3.63, 3.8) is 0 Å². The molecule has 0 saturated carbocycles. The van der Waals surface area contributed by atoms with Gasteiger partial charge in [-0.3, -0.25) is 0 Å². The van der Waals surface area contributed by atoms with Gasteiger partial charge in [0.2, 0.25) is 0 Å². The molecule has 0 fully saturated rings.